The molecule has 0 spiro atoms. The molecule has 0 radical (unpaired) electrons. The quantitative estimate of drug-likeness (QED) is 0.612. The predicted molar refractivity (Wildman–Crippen MR) is 62.0 cm³/mol. The molecule has 0 atom stereocenters. The van der Waals surface area contributed by atoms with E-state index in [9.17, 15) is 0 Å². The zero-order valence-corrected chi connectivity index (χ0v) is 9.18. The number of aryl methyl sites for hydroxylation is 1. The van der Waals surface area contributed by atoms with Crippen LogP contribution in [0, 0.1) is 0 Å². The number of para-hydroxylation sites is 1. The first-order valence-electron chi connectivity index (χ1n) is 5.55. The molecule has 2 aromatic heterocycles. The van der Waals surface area contributed by atoms with Crippen molar-refractivity contribution in [1.29, 1.82) is 0 Å². The first kappa shape index (κ1) is 9.33. The molecule has 0 bridgehead atoms. The van der Waals surface area contributed by atoms with Crippen LogP contribution in [0.2, 0.25) is 0 Å². The highest BCUT2D eigenvalue weighted by Gasteiger charge is 2.13. The zero-order valence-electron chi connectivity index (χ0n) is 9.18. The normalized spacial score (nSPS) is 11.3. The Morgan fingerprint density at radius 3 is 3.00 bits per heavy atom. The van der Waals surface area contributed by atoms with E-state index in [4.69, 9.17) is 4.42 Å². The van der Waals surface area contributed by atoms with Gasteiger partial charge in [0.2, 0.25) is 11.1 Å². The van der Waals surface area contributed by atoms with Gasteiger partial charge in [-0.1, -0.05) is 19.1 Å². The third-order valence-electron chi connectivity index (χ3n) is 2.70. The van der Waals surface area contributed by atoms with E-state index >= 15 is 0 Å². The van der Waals surface area contributed by atoms with Crippen LogP contribution in [0.25, 0.3) is 22.1 Å². The number of rotatable bonds is 2. The molecule has 3 heteroatoms. The van der Waals surface area contributed by atoms with Gasteiger partial charge in [-0.05, 0) is 23.5 Å². The van der Waals surface area contributed by atoms with Crippen molar-refractivity contribution in [2.45, 2.75) is 19.9 Å². The molecule has 3 rings (SSSR count). The van der Waals surface area contributed by atoms with Crippen LogP contribution in [0.3, 0.4) is 0 Å². The fraction of sp³-hybridized carbons (Fsp3) is 0.231. The van der Waals surface area contributed by atoms with E-state index in [-0.39, 0.29) is 0 Å². The molecule has 16 heavy (non-hydrogen) atoms. The third kappa shape index (κ3) is 1.36. The molecule has 0 saturated heterocycles. The van der Waals surface area contributed by atoms with Crippen LogP contribution in [0.15, 0.2) is 41.2 Å². The van der Waals surface area contributed by atoms with Crippen molar-refractivity contribution in [1.82, 2.24) is 4.98 Å². The topological polar surface area (TPSA) is 29.9 Å². The van der Waals surface area contributed by atoms with E-state index in [0.29, 0.717) is 0 Å². The van der Waals surface area contributed by atoms with Crippen LogP contribution >= 0.6 is 0 Å². The molecule has 3 aromatic rings. The Morgan fingerprint density at radius 1 is 1.25 bits per heavy atom. The van der Waals surface area contributed by atoms with Crippen molar-refractivity contribution in [3.8, 4) is 0 Å². The van der Waals surface area contributed by atoms with Gasteiger partial charge < -0.3 is 4.42 Å². The lowest BCUT2D eigenvalue weighted by atomic mass is 10.2. The number of nitrogens with zero attached hydrogens (tertiary/aromatic N) is 2. The summed E-state index contributed by atoms with van der Waals surface area (Å²) in [7, 11) is 0. The van der Waals surface area contributed by atoms with Gasteiger partial charge in [-0.3, -0.25) is 0 Å². The SMILES string of the molecule is CCC[n+]1cnc2c(c1)oc1ccccc12. The maximum Gasteiger partial charge on any atom is 0.287 e. The summed E-state index contributed by atoms with van der Waals surface area (Å²) in [5.74, 6) is 0. The van der Waals surface area contributed by atoms with Gasteiger partial charge in [-0.25, -0.2) is 4.57 Å². The monoisotopic (exact) mass is 213 g/mol. The third-order valence-corrected chi connectivity index (χ3v) is 2.70. The van der Waals surface area contributed by atoms with Crippen molar-refractivity contribution in [2.75, 3.05) is 0 Å². The summed E-state index contributed by atoms with van der Waals surface area (Å²) in [4.78, 5) is 4.46. The fourth-order valence-electron chi connectivity index (χ4n) is 1.97. The van der Waals surface area contributed by atoms with Gasteiger partial charge >= 0.3 is 0 Å². The number of furan rings is 1. The van der Waals surface area contributed by atoms with Crippen molar-refractivity contribution in [3.05, 3.63) is 36.8 Å². The molecule has 2 heterocycles. The van der Waals surface area contributed by atoms with Crippen molar-refractivity contribution in [3.63, 3.8) is 0 Å². The summed E-state index contributed by atoms with van der Waals surface area (Å²) in [6.45, 7) is 3.12. The van der Waals surface area contributed by atoms with Crippen molar-refractivity contribution in [2.24, 2.45) is 0 Å². The van der Waals surface area contributed by atoms with Crippen LogP contribution in [0.1, 0.15) is 13.3 Å². The second-order valence-electron chi connectivity index (χ2n) is 3.92. The van der Waals surface area contributed by atoms with Gasteiger partial charge in [0.25, 0.3) is 6.33 Å². The molecule has 0 amide bonds. The Morgan fingerprint density at radius 2 is 2.12 bits per heavy atom. The van der Waals surface area contributed by atoms with Crippen LogP contribution in [0.5, 0.6) is 0 Å². The highest BCUT2D eigenvalue weighted by atomic mass is 16.3. The minimum absolute atomic E-state index is 0.858. The second kappa shape index (κ2) is 3.59. The van der Waals surface area contributed by atoms with Crippen LogP contribution in [-0.4, -0.2) is 4.98 Å². The van der Waals surface area contributed by atoms with Crippen molar-refractivity contribution < 1.29 is 8.98 Å². The number of hydrogen-bond acceptors (Lipinski definition) is 2. The molecule has 0 aliphatic heterocycles. The lowest BCUT2D eigenvalue weighted by Gasteiger charge is -1.92. The van der Waals surface area contributed by atoms with Gasteiger partial charge in [0.1, 0.15) is 11.8 Å². The standard InChI is InChI=1S/C13H13N2O/c1-2-7-15-8-12-13(14-9-15)10-5-3-4-6-11(10)16-12/h3-6,8-9H,2,7H2,1H3/q+1. The molecular formula is C13H13N2O+. The fourth-order valence-corrected chi connectivity index (χ4v) is 1.97. The highest BCUT2D eigenvalue weighted by molar-refractivity contribution is 6.01. The molecule has 0 aliphatic rings. The number of hydrogen-bond donors (Lipinski definition) is 0. The Hall–Kier alpha value is -1.90. The van der Waals surface area contributed by atoms with E-state index in [1.165, 1.54) is 0 Å². The summed E-state index contributed by atoms with van der Waals surface area (Å²) in [6.07, 6.45) is 4.98. The highest BCUT2D eigenvalue weighted by Crippen LogP contribution is 2.24. The zero-order chi connectivity index (χ0) is 11.0. The molecule has 0 fully saturated rings. The van der Waals surface area contributed by atoms with E-state index in [1.54, 1.807) is 0 Å². The minimum atomic E-state index is 0.858. The molecule has 80 valence electrons. The van der Waals surface area contributed by atoms with E-state index < -0.39 is 0 Å². The van der Waals surface area contributed by atoms with Crippen molar-refractivity contribution >= 4 is 22.1 Å². The Bertz CT molecular complexity index is 643. The maximum atomic E-state index is 5.76. The van der Waals surface area contributed by atoms with E-state index in [0.717, 1.165) is 35.0 Å². The maximum absolute atomic E-state index is 5.76. The molecular weight excluding hydrogens is 200 g/mol. The Kier molecular flexibility index (Phi) is 2.10. The van der Waals surface area contributed by atoms with E-state index in [1.807, 2.05) is 36.8 Å². The Labute approximate surface area is 93.3 Å². The van der Waals surface area contributed by atoms with Crippen LogP contribution < -0.4 is 4.57 Å². The predicted octanol–water partition coefficient (Wildman–Crippen LogP) is 2.68. The summed E-state index contributed by atoms with van der Waals surface area (Å²) in [5, 5.41) is 1.08. The molecule has 0 N–H and O–H groups in total. The average molecular weight is 213 g/mol. The number of aromatic nitrogens is 2. The van der Waals surface area contributed by atoms with Gasteiger partial charge in [0, 0.05) is 0 Å². The Balaban J connectivity index is 2.28. The first-order valence-corrected chi connectivity index (χ1v) is 5.55. The van der Waals surface area contributed by atoms with Gasteiger partial charge in [-0.2, -0.15) is 0 Å². The smallest absolute Gasteiger partial charge is 0.287 e. The molecule has 0 saturated carbocycles. The minimum Gasteiger partial charge on any atom is -0.448 e. The summed E-state index contributed by atoms with van der Waals surface area (Å²) in [5.41, 5.74) is 2.71. The lowest BCUT2D eigenvalue weighted by molar-refractivity contribution is -0.698. The lowest BCUT2D eigenvalue weighted by Crippen LogP contribution is -2.32. The van der Waals surface area contributed by atoms with Gasteiger partial charge in [-0.15, -0.1) is 0 Å². The van der Waals surface area contributed by atoms with E-state index in [2.05, 4.69) is 16.5 Å². The number of benzene rings is 1. The average Bonchev–Trinajstić information content (AvgIpc) is 2.67. The molecule has 0 aliphatic carbocycles. The summed E-state index contributed by atoms with van der Waals surface area (Å²) in [6, 6.07) is 8.00. The number of fused-ring (bicyclic) bond motifs is 3. The van der Waals surface area contributed by atoms with Gasteiger partial charge in [0.05, 0.1) is 11.9 Å². The molecule has 0 unspecified atom stereocenters. The summed E-state index contributed by atoms with van der Waals surface area (Å²) >= 11 is 0. The summed E-state index contributed by atoms with van der Waals surface area (Å²) < 4.78 is 7.82. The van der Waals surface area contributed by atoms with Crippen LogP contribution in [0.4, 0.5) is 0 Å². The van der Waals surface area contributed by atoms with Crippen LogP contribution in [-0.2, 0) is 6.54 Å². The van der Waals surface area contributed by atoms with Gasteiger partial charge in [0.15, 0.2) is 0 Å². The first-order chi connectivity index (χ1) is 7.88. The largest absolute Gasteiger partial charge is 0.448 e. The second-order valence-corrected chi connectivity index (χ2v) is 3.92. The molecule has 3 nitrogen and oxygen atoms in total. The molecule has 1 aromatic carbocycles.